The van der Waals surface area contributed by atoms with E-state index in [4.69, 9.17) is 59.5 Å². The second-order valence-electron chi connectivity index (χ2n) is 8.90. The summed E-state index contributed by atoms with van der Waals surface area (Å²) in [7, 11) is 0. The maximum Gasteiger partial charge on any atom is 0.410 e. The Morgan fingerprint density at radius 1 is 0.737 bits per heavy atom. The van der Waals surface area contributed by atoms with Gasteiger partial charge >= 0.3 is 6.09 Å². The number of rotatable bonds is 21. The Morgan fingerprint density at radius 2 is 1.16 bits per heavy atom. The SMILES string of the molecule is [CH]C([CH])([CH])OC(=O)N1CC2(CN(C(=O)COCCOCCOCCOCCOCCOCCN=[N+]=[N-])C2)C1. The number of azide groups is 1. The Kier molecular flexibility index (Phi) is 14.7. The van der Waals surface area contributed by atoms with E-state index in [0.717, 1.165) is 0 Å². The number of nitrogens with zero attached hydrogens (tertiary/aromatic N) is 5. The van der Waals surface area contributed by atoms with Crippen LogP contribution in [0.25, 0.3) is 10.4 Å². The van der Waals surface area contributed by atoms with Gasteiger partial charge < -0.3 is 43.0 Å². The van der Waals surface area contributed by atoms with E-state index in [1.807, 2.05) is 0 Å². The van der Waals surface area contributed by atoms with Crippen LogP contribution in [-0.4, -0.2) is 139 Å². The van der Waals surface area contributed by atoms with Gasteiger partial charge in [-0.15, -0.1) is 0 Å². The van der Waals surface area contributed by atoms with Crippen molar-refractivity contribution in [1.82, 2.24) is 9.80 Å². The summed E-state index contributed by atoms with van der Waals surface area (Å²) in [6.07, 6.45) is -0.670. The minimum Gasteiger partial charge on any atom is -0.442 e. The second-order valence-corrected chi connectivity index (χ2v) is 8.90. The predicted octanol–water partition coefficient (Wildman–Crippen LogP) is 0.549. The Morgan fingerprint density at radius 3 is 1.61 bits per heavy atom. The Balaban J connectivity index is 1.29. The molecule has 2 fully saturated rings. The molecule has 0 atom stereocenters. The van der Waals surface area contributed by atoms with Crippen molar-refractivity contribution >= 4 is 12.0 Å². The standard InChI is InChI=1S/C24H37N5O9/c1-23(2,3)38-22(31)29-19-24(20-29)17-28(18-24)21(30)16-37-15-14-36-13-12-35-11-10-34-9-8-33-7-6-32-5-4-26-27-25/h1-3H,4-20H2. The molecule has 0 unspecified atom stereocenters. The number of carbonyl (C=O) groups is 2. The van der Waals surface area contributed by atoms with E-state index >= 15 is 0 Å². The van der Waals surface area contributed by atoms with Crippen molar-refractivity contribution in [3.05, 3.63) is 31.2 Å². The molecule has 0 N–H and O–H groups in total. The molecule has 6 radical (unpaired) electrons. The quantitative estimate of drug-likeness (QED) is 0.0880. The molecule has 212 valence electrons. The number of amides is 2. The van der Waals surface area contributed by atoms with Crippen LogP contribution in [0, 0.1) is 26.2 Å². The number of hydrogen-bond donors (Lipinski definition) is 0. The lowest BCUT2D eigenvalue weighted by Crippen LogP contribution is -2.74. The molecule has 2 aliphatic rings. The summed E-state index contributed by atoms with van der Waals surface area (Å²) in [5.41, 5.74) is 6.00. The molecule has 1 spiro atoms. The average molecular weight is 540 g/mol. The summed E-state index contributed by atoms with van der Waals surface area (Å²) in [6, 6.07) is 0. The molecule has 14 nitrogen and oxygen atoms in total. The molecule has 0 bridgehead atoms. The van der Waals surface area contributed by atoms with Crippen LogP contribution in [0.4, 0.5) is 4.79 Å². The molecule has 0 aliphatic carbocycles. The van der Waals surface area contributed by atoms with E-state index in [2.05, 4.69) is 10.0 Å². The number of ether oxygens (including phenoxy) is 7. The van der Waals surface area contributed by atoms with Gasteiger partial charge in [-0.1, -0.05) is 5.11 Å². The third-order valence-electron chi connectivity index (χ3n) is 5.46. The van der Waals surface area contributed by atoms with Crippen molar-refractivity contribution in [1.29, 1.82) is 0 Å². The molecule has 2 amide bonds. The molecule has 14 heteroatoms. The molecule has 2 saturated heterocycles. The average Bonchev–Trinajstić information content (AvgIpc) is 2.80. The summed E-state index contributed by atoms with van der Waals surface area (Å²) in [5.74, 6) is -0.106. The predicted molar refractivity (Wildman–Crippen MR) is 132 cm³/mol. The maximum absolute atomic E-state index is 12.2. The zero-order chi connectivity index (χ0) is 27.7. The number of likely N-dealkylation sites (tertiary alicyclic amines) is 2. The molecular weight excluding hydrogens is 502 g/mol. The van der Waals surface area contributed by atoms with Crippen molar-refractivity contribution in [2.75, 3.05) is 112 Å². The van der Waals surface area contributed by atoms with Crippen LogP contribution in [0.5, 0.6) is 0 Å². The van der Waals surface area contributed by atoms with Crippen molar-refractivity contribution in [2.45, 2.75) is 5.60 Å². The number of carbonyl (C=O) groups excluding carboxylic acids is 2. The van der Waals surface area contributed by atoms with E-state index in [-0.39, 0.29) is 17.9 Å². The first-order valence-electron chi connectivity index (χ1n) is 12.3. The Bertz CT molecular complexity index is 744. The Labute approximate surface area is 224 Å². The minimum absolute atomic E-state index is 0.0246. The zero-order valence-electron chi connectivity index (χ0n) is 21.7. The maximum atomic E-state index is 12.2. The second kappa shape index (κ2) is 17.4. The molecule has 0 aromatic carbocycles. The monoisotopic (exact) mass is 539 g/mol. The minimum atomic E-state index is -2.00. The van der Waals surface area contributed by atoms with Crippen molar-refractivity contribution in [2.24, 2.45) is 10.5 Å². The smallest absolute Gasteiger partial charge is 0.410 e. The van der Waals surface area contributed by atoms with Crippen LogP contribution in [-0.2, 0) is 38.0 Å². The molecule has 0 aromatic rings. The normalized spacial score (nSPS) is 16.1. The highest BCUT2D eigenvalue weighted by molar-refractivity contribution is 5.79. The van der Waals surface area contributed by atoms with Gasteiger partial charge in [-0.3, -0.25) is 4.79 Å². The third-order valence-corrected chi connectivity index (χ3v) is 5.46. The fraction of sp³-hybridized carbons (Fsp3) is 0.792. The lowest BCUT2D eigenvalue weighted by molar-refractivity contribution is -0.161. The van der Waals surface area contributed by atoms with Gasteiger partial charge in [0.1, 0.15) is 12.2 Å². The molecule has 0 aromatic heterocycles. The highest BCUT2D eigenvalue weighted by Gasteiger charge is 2.55. The van der Waals surface area contributed by atoms with E-state index < -0.39 is 11.7 Å². The molecule has 2 heterocycles. The summed E-state index contributed by atoms with van der Waals surface area (Å²) < 4.78 is 36.8. The van der Waals surface area contributed by atoms with E-state index in [0.29, 0.717) is 105 Å². The van der Waals surface area contributed by atoms with Gasteiger partial charge in [-0.05, 0) is 5.53 Å². The third kappa shape index (κ3) is 13.1. The van der Waals surface area contributed by atoms with E-state index in [1.54, 1.807) is 4.90 Å². The first-order valence-corrected chi connectivity index (χ1v) is 12.3. The molecule has 2 aliphatic heterocycles. The van der Waals surface area contributed by atoms with Crippen molar-refractivity contribution < 1.29 is 42.7 Å². The topological polar surface area (TPSA) is 154 Å². The van der Waals surface area contributed by atoms with Crippen LogP contribution in [0.1, 0.15) is 0 Å². The van der Waals surface area contributed by atoms with Crippen LogP contribution in [0.3, 0.4) is 0 Å². The first kappa shape index (κ1) is 32.0. The van der Waals surface area contributed by atoms with Gasteiger partial charge in [0.15, 0.2) is 0 Å². The molecule has 0 saturated carbocycles. The summed E-state index contributed by atoms with van der Waals surface area (Å²) in [6.45, 7) is 22.7. The zero-order valence-corrected chi connectivity index (χ0v) is 21.7. The largest absolute Gasteiger partial charge is 0.442 e. The van der Waals surface area contributed by atoms with E-state index in [9.17, 15) is 9.59 Å². The molecular formula is C24H37N5O9. The lowest BCUT2D eigenvalue weighted by Gasteiger charge is -2.59. The van der Waals surface area contributed by atoms with Crippen LogP contribution in [0.2, 0.25) is 0 Å². The fourth-order valence-electron chi connectivity index (χ4n) is 3.75. The van der Waals surface area contributed by atoms with Gasteiger partial charge in [-0.25, -0.2) is 4.79 Å². The van der Waals surface area contributed by atoms with Crippen LogP contribution >= 0.6 is 0 Å². The number of hydrogen-bond acceptors (Lipinski definition) is 10. The lowest BCUT2D eigenvalue weighted by atomic mass is 9.73. The van der Waals surface area contributed by atoms with Crippen LogP contribution < -0.4 is 0 Å². The van der Waals surface area contributed by atoms with Crippen molar-refractivity contribution in [3.8, 4) is 0 Å². The summed E-state index contributed by atoms with van der Waals surface area (Å²) >= 11 is 0. The summed E-state index contributed by atoms with van der Waals surface area (Å²) in [5, 5.41) is 3.36. The van der Waals surface area contributed by atoms with E-state index in [1.165, 1.54) is 4.90 Å². The molecule has 38 heavy (non-hydrogen) atoms. The van der Waals surface area contributed by atoms with Crippen molar-refractivity contribution in [3.63, 3.8) is 0 Å². The highest BCUT2D eigenvalue weighted by atomic mass is 16.6. The first-order chi connectivity index (χ1) is 18.2. The Hall–Kier alpha value is -2.19. The van der Waals surface area contributed by atoms with Gasteiger partial charge in [0.25, 0.3) is 0 Å². The van der Waals surface area contributed by atoms with Crippen LogP contribution in [0.15, 0.2) is 5.11 Å². The highest BCUT2D eigenvalue weighted by Crippen LogP contribution is 2.40. The fourth-order valence-corrected chi connectivity index (χ4v) is 3.75. The molecule has 2 rings (SSSR count). The van der Waals surface area contributed by atoms with Gasteiger partial charge in [0.05, 0.1) is 72.7 Å². The van der Waals surface area contributed by atoms with Gasteiger partial charge in [0, 0.05) is 63.8 Å². The summed E-state index contributed by atoms with van der Waals surface area (Å²) in [4.78, 5) is 29.8. The van der Waals surface area contributed by atoms with Gasteiger partial charge in [0.2, 0.25) is 5.91 Å². The van der Waals surface area contributed by atoms with Gasteiger partial charge in [-0.2, -0.15) is 0 Å².